The lowest BCUT2D eigenvalue weighted by Crippen LogP contribution is -2.42. The second kappa shape index (κ2) is 7.73. The molecule has 5 nitrogen and oxygen atoms in total. The van der Waals surface area contributed by atoms with E-state index in [-0.39, 0.29) is 36.4 Å². The van der Waals surface area contributed by atoms with Crippen LogP contribution >= 0.6 is 0 Å². The summed E-state index contributed by atoms with van der Waals surface area (Å²) < 4.78 is 52.1. The Bertz CT molecular complexity index is 868. The summed E-state index contributed by atoms with van der Waals surface area (Å²) in [4.78, 5) is -0.0805. The monoisotopic (exact) mass is 379 g/mol. The molecule has 0 spiro atoms. The molecule has 1 unspecified atom stereocenters. The number of halogens is 1. The third-order valence-electron chi connectivity index (χ3n) is 4.32. The second-order valence-electron chi connectivity index (χ2n) is 6.16. The van der Waals surface area contributed by atoms with Crippen molar-refractivity contribution in [1.29, 1.82) is 0 Å². The lowest BCUT2D eigenvalue weighted by molar-refractivity contribution is -0.00256. The Kier molecular flexibility index (Phi) is 5.60. The van der Waals surface area contributed by atoms with E-state index in [0.717, 1.165) is 17.2 Å². The van der Waals surface area contributed by atoms with Gasteiger partial charge in [0, 0.05) is 13.1 Å². The van der Waals surface area contributed by atoms with Crippen LogP contribution < -0.4 is 4.74 Å². The lowest BCUT2D eigenvalue weighted by atomic mass is 10.1. The highest BCUT2D eigenvalue weighted by molar-refractivity contribution is 7.89. The summed E-state index contributed by atoms with van der Waals surface area (Å²) in [6.07, 6.45) is -0.341. The molecule has 1 heterocycles. The maximum atomic E-state index is 14.1. The number of nitrogens with zero attached hydrogens (tertiary/aromatic N) is 1. The Morgan fingerprint density at radius 1 is 1.23 bits per heavy atom. The number of ether oxygens (including phenoxy) is 2. The Hall–Kier alpha value is -1.96. The first kappa shape index (κ1) is 18.8. The quantitative estimate of drug-likeness (QED) is 0.800. The van der Waals surface area contributed by atoms with Crippen LogP contribution in [-0.2, 0) is 14.8 Å². The minimum absolute atomic E-state index is 0.0472. The molecule has 0 radical (unpaired) electrons. The van der Waals surface area contributed by atoms with Crippen LogP contribution in [0.25, 0.3) is 0 Å². The number of sulfonamides is 1. The highest BCUT2D eigenvalue weighted by Crippen LogP contribution is 2.28. The summed E-state index contributed by atoms with van der Waals surface area (Å²) in [6, 6.07) is 11.5. The average molecular weight is 379 g/mol. The zero-order valence-electron chi connectivity index (χ0n) is 14.8. The maximum Gasteiger partial charge on any atom is 0.243 e. The third-order valence-corrected chi connectivity index (χ3v) is 6.18. The molecule has 3 rings (SSSR count). The first-order valence-corrected chi connectivity index (χ1v) is 9.96. The SMILES string of the molecule is CCOc1ccc(S(=O)(=O)N2CCOC(c3ccc(C)cc3)C2)cc1F. The molecule has 0 aromatic heterocycles. The second-order valence-corrected chi connectivity index (χ2v) is 8.10. The first-order valence-electron chi connectivity index (χ1n) is 8.52. The first-order chi connectivity index (χ1) is 12.4. The number of hydrogen-bond acceptors (Lipinski definition) is 4. The Labute approximate surface area is 153 Å². The van der Waals surface area contributed by atoms with E-state index in [1.807, 2.05) is 31.2 Å². The van der Waals surface area contributed by atoms with Gasteiger partial charge >= 0.3 is 0 Å². The van der Waals surface area contributed by atoms with E-state index >= 15 is 0 Å². The zero-order chi connectivity index (χ0) is 18.7. The van der Waals surface area contributed by atoms with E-state index in [9.17, 15) is 12.8 Å². The van der Waals surface area contributed by atoms with Gasteiger partial charge in [-0.15, -0.1) is 0 Å². The Morgan fingerprint density at radius 2 is 1.96 bits per heavy atom. The number of hydrogen-bond donors (Lipinski definition) is 0. The van der Waals surface area contributed by atoms with Crippen molar-refractivity contribution in [3.8, 4) is 5.75 Å². The van der Waals surface area contributed by atoms with E-state index in [1.165, 1.54) is 16.4 Å². The van der Waals surface area contributed by atoms with Crippen molar-refractivity contribution in [1.82, 2.24) is 4.31 Å². The molecule has 1 aliphatic rings. The van der Waals surface area contributed by atoms with Crippen molar-refractivity contribution in [3.05, 3.63) is 59.4 Å². The van der Waals surface area contributed by atoms with Gasteiger partial charge in [-0.2, -0.15) is 4.31 Å². The predicted molar refractivity (Wildman–Crippen MR) is 96.2 cm³/mol. The summed E-state index contributed by atoms with van der Waals surface area (Å²) in [6.45, 7) is 4.76. The standard InChI is InChI=1S/C19H22FNO4S/c1-3-24-18-9-8-16(12-17(18)20)26(22,23)21-10-11-25-19(13-21)15-6-4-14(2)5-7-15/h4-9,12,19H,3,10-11,13H2,1-2H3. The van der Waals surface area contributed by atoms with Crippen LogP contribution in [0.2, 0.25) is 0 Å². The van der Waals surface area contributed by atoms with Gasteiger partial charge in [0.2, 0.25) is 10.0 Å². The number of aryl methyl sites for hydroxylation is 1. The van der Waals surface area contributed by atoms with Crippen LogP contribution in [0.1, 0.15) is 24.2 Å². The van der Waals surface area contributed by atoms with Gasteiger partial charge < -0.3 is 9.47 Å². The van der Waals surface area contributed by atoms with Gasteiger partial charge in [-0.1, -0.05) is 29.8 Å². The zero-order valence-corrected chi connectivity index (χ0v) is 15.6. The van der Waals surface area contributed by atoms with E-state index in [2.05, 4.69) is 0 Å². The summed E-state index contributed by atoms with van der Waals surface area (Å²) >= 11 is 0. The molecule has 0 amide bonds. The van der Waals surface area contributed by atoms with Gasteiger partial charge in [0.15, 0.2) is 11.6 Å². The molecule has 2 aromatic rings. The molecule has 7 heteroatoms. The van der Waals surface area contributed by atoms with Gasteiger partial charge in [0.05, 0.1) is 24.2 Å². The molecule has 0 N–H and O–H groups in total. The molecular formula is C19H22FNO4S. The third kappa shape index (κ3) is 3.90. The molecule has 1 aliphatic heterocycles. The fraction of sp³-hybridized carbons (Fsp3) is 0.368. The summed E-state index contributed by atoms with van der Waals surface area (Å²) in [5.41, 5.74) is 2.05. The highest BCUT2D eigenvalue weighted by Gasteiger charge is 2.32. The van der Waals surface area contributed by atoms with E-state index in [0.29, 0.717) is 6.61 Å². The van der Waals surface area contributed by atoms with Crippen LogP contribution in [0.15, 0.2) is 47.4 Å². The largest absolute Gasteiger partial charge is 0.491 e. The van der Waals surface area contributed by atoms with E-state index < -0.39 is 15.8 Å². The summed E-state index contributed by atoms with van der Waals surface area (Å²) in [7, 11) is -3.81. The summed E-state index contributed by atoms with van der Waals surface area (Å²) in [5.74, 6) is -0.637. The summed E-state index contributed by atoms with van der Waals surface area (Å²) in [5, 5.41) is 0. The molecule has 26 heavy (non-hydrogen) atoms. The van der Waals surface area contributed by atoms with Crippen LogP contribution in [0.5, 0.6) is 5.75 Å². The maximum absolute atomic E-state index is 14.1. The van der Waals surface area contributed by atoms with E-state index in [1.54, 1.807) is 6.92 Å². The molecule has 1 fully saturated rings. The number of rotatable bonds is 5. The smallest absolute Gasteiger partial charge is 0.243 e. The normalized spacial score (nSPS) is 18.7. The molecule has 0 saturated carbocycles. The van der Waals surface area contributed by atoms with E-state index in [4.69, 9.17) is 9.47 Å². The van der Waals surface area contributed by atoms with Crippen molar-refractivity contribution < 1.29 is 22.3 Å². The average Bonchev–Trinajstić information content (AvgIpc) is 2.64. The molecule has 1 saturated heterocycles. The van der Waals surface area contributed by atoms with Crippen LogP contribution in [0.4, 0.5) is 4.39 Å². The van der Waals surface area contributed by atoms with Gasteiger partial charge in [-0.05, 0) is 37.6 Å². The fourth-order valence-corrected chi connectivity index (χ4v) is 4.33. The Morgan fingerprint density at radius 3 is 2.62 bits per heavy atom. The molecular weight excluding hydrogens is 357 g/mol. The molecule has 0 bridgehead atoms. The number of benzene rings is 2. The molecule has 140 valence electrons. The van der Waals surface area contributed by atoms with Crippen LogP contribution in [0.3, 0.4) is 0 Å². The van der Waals surface area contributed by atoms with Crippen molar-refractivity contribution in [2.45, 2.75) is 24.8 Å². The topological polar surface area (TPSA) is 55.8 Å². The van der Waals surface area contributed by atoms with Crippen molar-refractivity contribution in [2.24, 2.45) is 0 Å². The fourth-order valence-electron chi connectivity index (χ4n) is 2.89. The minimum Gasteiger partial charge on any atom is -0.491 e. The predicted octanol–water partition coefficient (Wildman–Crippen LogP) is 3.30. The molecule has 1 atom stereocenters. The molecule has 0 aliphatic carbocycles. The van der Waals surface area contributed by atoms with Gasteiger partial charge in [-0.25, -0.2) is 12.8 Å². The minimum atomic E-state index is -3.81. The van der Waals surface area contributed by atoms with Crippen molar-refractivity contribution >= 4 is 10.0 Å². The van der Waals surface area contributed by atoms with Crippen LogP contribution in [-0.4, -0.2) is 39.0 Å². The molecule has 2 aromatic carbocycles. The van der Waals surface area contributed by atoms with Gasteiger partial charge in [0.25, 0.3) is 0 Å². The van der Waals surface area contributed by atoms with Gasteiger partial charge in [0.1, 0.15) is 0 Å². The van der Waals surface area contributed by atoms with Crippen molar-refractivity contribution in [2.75, 3.05) is 26.3 Å². The Balaban J connectivity index is 1.82. The lowest BCUT2D eigenvalue weighted by Gasteiger charge is -2.32. The van der Waals surface area contributed by atoms with Gasteiger partial charge in [-0.3, -0.25) is 0 Å². The van der Waals surface area contributed by atoms with Crippen LogP contribution in [0, 0.1) is 12.7 Å². The highest BCUT2D eigenvalue weighted by atomic mass is 32.2. The van der Waals surface area contributed by atoms with Crippen molar-refractivity contribution in [3.63, 3.8) is 0 Å². The number of morpholine rings is 1.